The van der Waals surface area contributed by atoms with Crippen LogP contribution in [0.4, 0.5) is 17.1 Å². The molecule has 54 heavy (non-hydrogen) atoms. The first-order chi connectivity index (χ1) is 26.7. The summed E-state index contributed by atoms with van der Waals surface area (Å²) in [5, 5.41) is 2.57. The van der Waals surface area contributed by atoms with Gasteiger partial charge in [-0.3, -0.25) is 0 Å². The van der Waals surface area contributed by atoms with Crippen molar-refractivity contribution in [2.24, 2.45) is 0 Å². The van der Waals surface area contributed by atoms with E-state index in [1.54, 1.807) is 0 Å². The smallest absolute Gasteiger partial charge is 0.0541 e. The SMILES string of the molecule is CCCCc1cc(-c2ccc(-n3c4ccccc4c4ccccc43)cc2)ccc1-c1ccc(N(c2ccccc2)c2ccc(-c3ccccc3)cc2)cc1. The van der Waals surface area contributed by atoms with E-state index in [1.807, 2.05) is 0 Å². The molecule has 0 atom stereocenters. The van der Waals surface area contributed by atoms with Crippen LogP contribution in [0.25, 0.3) is 60.9 Å². The molecule has 0 spiro atoms. The summed E-state index contributed by atoms with van der Waals surface area (Å²) in [5.74, 6) is 0. The molecule has 2 nitrogen and oxygen atoms in total. The summed E-state index contributed by atoms with van der Waals surface area (Å²) in [6.45, 7) is 2.27. The van der Waals surface area contributed by atoms with E-state index in [4.69, 9.17) is 0 Å². The van der Waals surface area contributed by atoms with Gasteiger partial charge in [0.25, 0.3) is 0 Å². The lowest BCUT2D eigenvalue weighted by Crippen LogP contribution is -2.09. The van der Waals surface area contributed by atoms with E-state index in [0.717, 1.165) is 36.3 Å². The fraction of sp³-hybridized carbons (Fsp3) is 0.0769. The van der Waals surface area contributed by atoms with Gasteiger partial charge in [0.2, 0.25) is 0 Å². The van der Waals surface area contributed by atoms with Gasteiger partial charge in [-0.25, -0.2) is 0 Å². The standard InChI is InChI=1S/C52H42N2/c1-2-3-14-43-37-42(40-25-32-47(33-26-40)54-51-21-12-10-19-49(51)50-20-11-13-22-52(50)54)29-36-48(43)41-27-34-46(35-28-41)53(44-17-8-5-9-18-44)45-30-23-39(24-31-45)38-15-6-4-7-16-38/h4-13,15-37H,2-3,14H2,1H3. The van der Waals surface area contributed by atoms with Crippen molar-refractivity contribution >= 4 is 38.9 Å². The van der Waals surface area contributed by atoms with Gasteiger partial charge in [-0.1, -0.05) is 153 Å². The highest BCUT2D eigenvalue weighted by Gasteiger charge is 2.15. The monoisotopic (exact) mass is 694 g/mol. The molecular formula is C52H42N2. The maximum absolute atomic E-state index is 2.42. The predicted octanol–water partition coefficient (Wildman–Crippen LogP) is 14.6. The number of hydrogen-bond donors (Lipinski definition) is 0. The van der Waals surface area contributed by atoms with Gasteiger partial charge in [0.15, 0.2) is 0 Å². The number of benzene rings is 8. The van der Waals surface area contributed by atoms with Gasteiger partial charge in [0, 0.05) is 33.5 Å². The van der Waals surface area contributed by atoms with Crippen LogP contribution in [0.3, 0.4) is 0 Å². The van der Waals surface area contributed by atoms with Crippen molar-refractivity contribution in [3.63, 3.8) is 0 Å². The van der Waals surface area contributed by atoms with E-state index in [1.165, 1.54) is 66.4 Å². The zero-order valence-electron chi connectivity index (χ0n) is 30.6. The van der Waals surface area contributed by atoms with E-state index in [0.29, 0.717) is 0 Å². The highest BCUT2D eigenvalue weighted by molar-refractivity contribution is 6.09. The van der Waals surface area contributed by atoms with Gasteiger partial charge in [0.1, 0.15) is 0 Å². The number of para-hydroxylation sites is 3. The third kappa shape index (κ3) is 6.37. The zero-order chi connectivity index (χ0) is 36.3. The number of aryl methyl sites for hydroxylation is 1. The highest BCUT2D eigenvalue weighted by atomic mass is 15.1. The Morgan fingerprint density at radius 3 is 1.48 bits per heavy atom. The normalized spacial score (nSPS) is 11.3. The third-order valence-corrected chi connectivity index (χ3v) is 10.6. The van der Waals surface area contributed by atoms with Crippen molar-refractivity contribution in [3.05, 3.63) is 206 Å². The maximum Gasteiger partial charge on any atom is 0.0541 e. The molecule has 9 aromatic rings. The summed E-state index contributed by atoms with van der Waals surface area (Å²) in [5.41, 5.74) is 15.9. The van der Waals surface area contributed by atoms with Gasteiger partial charge in [0.05, 0.1) is 11.0 Å². The molecule has 0 unspecified atom stereocenters. The molecule has 260 valence electrons. The number of rotatable bonds is 10. The van der Waals surface area contributed by atoms with Crippen molar-refractivity contribution in [1.82, 2.24) is 4.57 Å². The van der Waals surface area contributed by atoms with Crippen LogP contribution in [0.5, 0.6) is 0 Å². The summed E-state index contributed by atoms with van der Waals surface area (Å²) in [6, 6.07) is 72.7. The van der Waals surface area contributed by atoms with Crippen LogP contribution < -0.4 is 4.90 Å². The number of aromatic nitrogens is 1. The van der Waals surface area contributed by atoms with Crippen LogP contribution in [0.2, 0.25) is 0 Å². The second-order valence-electron chi connectivity index (χ2n) is 14.0. The minimum absolute atomic E-state index is 1.05. The average Bonchev–Trinajstić information content (AvgIpc) is 3.59. The topological polar surface area (TPSA) is 8.17 Å². The largest absolute Gasteiger partial charge is 0.311 e. The predicted molar refractivity (Wildman–Crippen MR) is 230 cm³/mol. The molecule has 0 N–H and O–H groups in total. The maximum atomic E-state index is 2.42. The Balaban J connectivity index is 1.03. The minimum atomic E-state index is 1.05. The molecule has 8 aromatic carbocycles. The van der Waals surface area contributed by atoms with E-state index >= 15 is 0 Å². The molecular weight excluding hydrogens is 653 g/mol. The molecule has 0 bridgehead atoms. The Labute approximate surface area is 318 Å². The van der Waals surface area contributed by atoms with Crippen LogP contribution >= 0.6 is 0 Å². The van der Waals surface area contributed by atoms with Crippen LogP contribution in [-0.4, -0.2) is 4.57 Å². The molecule has 1 aromatic heterocycles. The average molecular weight is 695 g/mol. The lowest BCUT2D eigenvalue weighted by Gasteiger charge is -2.26. The van der Waals surface area contributed by atoms with Crippen molar-refractivity contribution in [2.45, 2.75) is 26.2 Å². The van der Waals surface area contributed by atoms with Crippen LogP contribution in [0, 0.1) is 0 Å². The van der Waals surface area contributed by atoms with Crippen molar-refractivity contribution in [1.29, 1.82) is 0 Å². The summed E-state index contributed by atoms with van der Waals surface area (Å²) >= 11 is 0. The second-order valence-corrected chi connectivity index (χ2v) is 14.0. The fourth-order valence-electron chi connectivity index (χ4n) is 7.88. The Hall–Kier alpha value is -6.64. The molecule has 0 aliphatic heterocycles. The Kier molecular flexibility index (Phi) is 9.08. The number of anilines is 3. The van der Waals surface area contributed by atoms with E-state index in [9.17, 15) is 0 Å². The minimum Gasteiger partial charge on any atom is -0.311 e. The lowest BCUT2D eigenvalue weighted by molar-refractivity contribution is 0.796. The number of hydrogen-bond acceptors (Lipinski definition) is 1. The zero-order valence-corrected chi connectivity index (χ0v) is 30.6. The Morgan fingerprint density at radius 1 is 0.407 bits per heavy atom. The molecule has 0 saturated heterocycles. The molecule has 0 aliphatic rings. The number of fused-ring (bicyclic) bond motifs is 3. The quantitative estimate of drug-likeness (QED) is 0.138. The number of nitrogens with zero attached hydrogens (tertiary/aromatic N) is 2. The summed E-state index contributed by atoms with van der Waals surface area (Å²) in [7, 11) is 0. The molecule has 0 radical (unpaired) electrons. The van der Waals surface area contributed by atoms with Gasteiger partial charge < -0.3 is 9.47 Å². The first kappa shape index (κ1) is 33.2. The molecule has 0 fully saturated rings. The Bertz CT molecular complexity index is 2600. The molecule has 9 rings (SSSR count). The van der Waals surface area contributed by atoms with E-state index < -0.39 is 0 Å². The van der Waals surface area contributed by atoms with Gasteiger partial charge >= 0.3 is 0 Å². The van der Waals surface area contributed by atoms with Gasteiger partial charge in [-0.2, -0.15) is 0 Å². The number of unbranched alkanes of at least 4 members (excludes halogenated alkanes) is 1. The van der Waals surface area contributed by atoms with E-state index in [-0.39, 0.29) is 0 Å². The van der Waals surface area contributed by atoms with Crippen LogP contribution in [0.1, 0.15) is 25.3 Å². The summed E-state index contributed by atoms with van der Waals surface area (Å²) < 4.78 is 2.38. The molecule has 0 amide bonds. The summed E-state index contributed by atoms with van der Waals surface area (Å²) in [4.78, 5) is 2.34. The first-order valence-electron chi connectivity index (χ1n) is 19.1. The van der Waals surface area contributed by atoms with Crippen LogP contribution in [0.15, 0.2) is 200 Å². The first-order valence-corrected chi connectivity index (χ1v) is 19.1. The van der Waals surface area contributed by atoms with Crippen molar-refractivity contribution in [3.8, 4) is 39.1 Å². The van der Waals surface area contributed by atoms with Gasteiger partial charge in [-0.15, -0.1) is 0 Å². The van der Waals surface area contributed by atoms with Crippen molar-refractivity contribution < 1.29 is 0 Å². The second kappa shape index (κ2) is 14.8. The third-order valence-electron chi connectivity index (χ3n) is 10.6. The molecule has 1 heterocycles. The molecule has 0 saturated carbocycles. The Morgan fingerprint density at radius 2 is 0.870 bits per heavy atom. The lowest BCUT2D eigenvalue weighted by atomic mass is 9.92. The fourth-order valence-corrected chi connectivity index (χ4v) is 7.88. The molecule has 0 aliphatic carbocycles. The van der Waals surface area contributed by atoms with E-state index in [2.05, 4.69) is 217 Å². The van der Waals surface area contributed by atoms with Crippen molar-refractivity contribution in [2.75, 3.05) is 4.90 Å². The highest BCUT2D eigenvalue weighted by Crippen LogP contribution is 2.38. The molecule has 2 heteroatoms. The van der Waals surface area contributed by atoms with Gasteiger partial charge in [-0.05, 0) is 112 Å². The summed E-state index contributed by atoms with van der Waals surface area (Å²) in [6.07, 6.45) is 3.36. The van der Waals surface area contributed by atoms with Crippen LogP contribution in [-0.2, 0) is 6.42 Å².